The summed E-state index contributed by atoms with van der Waals surface area (Å²) in [6, 6.07) is 2.75. The Morgan fingerprint density at radius 1 is 1.39 bits per heavy atom. The highest BCUT2D eigenvalue weighted by molar-refractivity contribution is 5.84. The van der Waals surface area contributed by atoms with E-state index in [1.54, 1.807) is 12.3 Å². The minimum absolute atomic E-state index is 0.0417. The predicted molar refractivity (Wildman–Crippen MR) is 85.4 cm³/mol. The number of carbonyl (C=O) groups excluding carboxylic acids is 2. The zero-order chi connectivity index (χ0) is 16.7. The maximum absolute atomic E-state index is 12.5. The average Bonchev–Trinajstić information content (AvgIpc) is 2.82. The van der Waals surface area contributed by atoms with Crippen LogP contribution in [0.5, 0.6) is 0 Å². The Bertz CT molecular complexity index is 530. The fourth-order valence-corrected chi connectivity index (χ4v) is 3.05. The van der Waals surface area contributed by atoms with Gasteiger partial charge in [0.05, 0.1) is 0 Å². The summed E-state index contributed by atoms with van der Waals surface area (Å²) in [5.74, 6) is 0.0309. The molecule has 126 valence electrons. The first kappa shape index (κ1) is 17.2. The van der Waals surface area contributed by atoms with Gasteiger partial charge in [-0.1, -0.05) is 25.7 Å². The molecule has 3 N–H and O–H groups in total. The van der Waals surface area contributed by atoms with E-state index >= 15 is 0 Å². The van der Waals surface area contributed by atoms with Crippen molar-refractivity contribution in [2.45, 2.75) is 51.5 Å². The van der Waals surface area contributed by atoms with E-state index in [2.05, 4.69) is 15.8 Å². The van der Waals surface area contributed by atoms with Crippen LogP contribution < -0.4 is 10.9 Å². The molecule has 0 bridgehead atoms. The van der Waals surface area contributed by atoms with Crippen LogP contribution in [-0.2, 0) is 9.59 Å². The van der Waals surface area contributed by atoms with Gasteiger partial charge in [0.2, 0.25) is 6.41 Å². The SMILES string of the molecule is Cc1ccnc(NNC(=O)C(C2CCCCCC2)N(O)C=O)c1. The standard InChI is InChI=1S/C16H24N4O3/c1-12-8-9-17-14(10-12)18-19-16(22)15(20(23)11-21)13-6-4-2-3-5-7-13/h8-11,13,15,23H,2-7H2,1H3,(H,17,18)(H,19,22). The van der Waals surface area contributed by atoms with Gasteiger partial charge in [-0.05, 0) is 43.4 Å². The van der Waals surface area contributed by atoms with E-state index in [1.807, 2.05) is 13.0 Å². The molecule has 1 unspecified atom stereocenters. The van der Waals surface area contributed by atoms with Crippen molar-refractivity contribution in [2.75, 3.05) is 5.43 Å². The van der Waals surface area contributed by atoms with Crippen LogP contribution in [0.3, 0.4) is 0 Å². The lowest BCUT2D eigenvalue weighted by Gasteiger charge is -2.29. The Hall–Kier alpha value is -2.15. The number of hydrogen-bond donors (Lipinski definition) is 3. The number of hydrazine groups is 1. The van der Waals surface area contributed by atoms with Crippen molar-refractivity contribution in [1.29, 1.82) is 0 Å². The van der Waals surface area contributed by atoms with Gasteiger partial charge < -0.3 is 0 Å². The van der Waals surface area contributed by atoms with Gasteiger partial charge in [-0.25, -0.2) is 10.0 Å². The van der Waals surface area contributed by atoms with Crippen molar-refractivity contribution >= 4 is 18.1 Å². The highest BCUT2D eigenvalue weighted by Gasteiger charge is 2.33. The Balaban J connectivity index is 2.02. The lowest BCUT2D eigenvalue weighted by molar-refractivity contribution is -0.172. The molecule has 2 rings (SSSR count). The smallest absolute Gasteiger partial charge is 0.264 e. The number of nitrogens with one attached hydrogen (secondary N) is 2. The third kappa shape index (κ3) is 4.92. The first-order valence-corrected chi connectivity index (χ1v) is 8.03. The largest absolute Gasteiger partial charge is 0.285 e. The van der Waals surface area contributed by atoms with E-state index in [0.29, 0.717) is 17.3 Å². The van der Waals surface area contributed by atoms with Crippen LogP contribution in [0.2, 0.25) is 0 Å². The second-order valence-corrected chi connectivity index (χ2v) is 6.01. The summed E-state index contributed by atoms with van der Waals surface area (Å²) in [6.45, 7) is 1.92. The third-order valence-electron chi connectivity index (χ3n) is 4.24. The number of amides is 2. The van der Waals surface area contributed by atoms with Crippen molar-refractivity contribution < 1.29 is 14.8 Å². The third-order valence-corrected chi connectivity index (χ3v) is 4.24. The molecule has 0 radical (unpaired) electrons. The molecule has 1 aromatic heterocycles. The van der Waals surface area contributed by atoms with Gasteiger partial charge >= 0.3 is 0 Å². The molecule has 1 aliphatic rings. The normalized spacial score (nSPS) is 17.0. The van der Waals surface area contributed by atoms with Crippen LogP contribution in [0.1, 0.15) is 44.1 Å². The van der Waals surface area contributed by atoms with E-state index in [0.717, 1.165) is 44.1 Å². The fourth-order valence-electron chi connectivity index (χ4n) is 3.05. The lowest BCUT2D eigenvalue weighted by atomic mass is 9.91. The highest BCUT2D eigenvalue weighted by Crippen LogP contribution is 2.27. The van der Waals surface area contributed by atoms with Crippen LogP contribution in [0.4, 0.5) is 5.82 Å². The summed E-state index contributed by atoms with van der Waals surface area (Å²) in [5.41, 5.74) is 6.29. The van der Waals surface area contributed by atoms with Crippen LogP contribution in [0.15, 0.2) is 18.3 Å². The second kappa shape index (κ2) is 8.47. The molecule has 2 amide bonds. The number of pyridine rings is 1. The molecule has 1 heterocycles. The Morgan fingerprint density at radius 2 is 2.09 bits per heavy atom. The van der Waals surface area contributed by atoms with E-state index in [4.69, 9.17) is 0 Å². The molecule has 0 aromatic carbocycles. The summed E-state index contributed by atoms with van der Waals surface area (Å²) in [6.07, 6.45) is 7.85. The molecule has 1 aromatic rings. The minimum atomic E-state index is -0.886. The molecule has 7 heteroatoms. The first-order chi connectivity index (χ1) is 11.1. The molecule has 1 saturated carbocycles. The maximum Gasteiger partial charge on any atom is 0.264 e. The fraction of sp³-hybridized carbons (Fsp3) is 0.562. The van der Waals surface area contributed by atoms with Crippen molar-refractivity contribution in [1.82, 2.24) is 15.5 Å². The van der Waals surface area contributed by atoms with E-state index in [1.165, 1.54) is 0 Å². The van der Waals surface area contributed by atoms with Gasteiger partial charge in [0.15, 0.2) is 0 Å². The number of rotatable bonds is 6. The molecule has 23 heavy (non-hydrogen) atoms. The monoisotopic (exact) mass is 320 g/mol. The zero-order valence-electron chi connectivity index (χ0n) is 13.4. The topological polar surface area (TPSA) is 94.6 Å². The van der Waals surface area contributed by atoms with Gasteiger partial charge in [0.1, 0.15) is 11.9 Å². The summed E-state index contributed by atoms with van der Waals surface area (Å²) >= 11 is 0. The predicted octanol–water partition coefficient (Wildman–Crippen LogP) is 2.02. The number of nitrogens with zero attached hydrogens (tertiary/aromatic N) is 2. The van der Waals surface area contributed by atoms with Crippen molar-refractivity contribution in [3.63, 3.8) is 0 Å². The van der Waals surface area contributed by atoms with Gasteiger partial charge in [-0.2, -0.15) is 0 Å². The molecule has 1 aliphatic carbocycles. The summed E-state index contributed by atoms with van der Waals surface area (Å²) < 4.78 is 0. The summed E-state index contributed by atoms with van der Waals surface area (Å²) in [4.78, 5) is 27.5. The highest BCUT2D eigenvalue weighted by atomic mass is 16.5. The maximum atomic E-state index is 12.5. The van der Waals surface area contributed by atoms with Gasteiger partial charge in [-0.3, -0.25) is 25.6 Å². The van der Waals surface area contributed by atoms with Crippen LogP contribution in [-0.4, -0.2) is 33.6 Å². The number of anilines is 1. The number of aryl methyl sites for hydroxylation is 1. The zero-order valence-corrected chi connectivity index (χ0v) is 13.4. The first-order valence-electron chi connectivity index (χ1n) is 8.03. The van der Waals surface area contributed by atoms with Crippen molar-refractivity contribution in [3.05, 3.63) is 23.9 Å². The van der Waals surface area contributed by atoms with Gasteiger partial charge in [0, 0.05) is 6.20 Å². The molecular weight excluding hydrogens is 296 g/mol. The van der Waals surface area contributed by atoms with Crippen molar-refractivity contribution in [3.8, 4) is 0 Å². The van der Waals surface area contributed by atoms with Crippen molar-refractivity contribution in [2.24, 2.45) is 5.92 Å². The summed E-state index contributed by atoms with van der Waals surface area (Å²) in [5, 5.41) is 10.3. The van der Waals surface area contributed by atoms with Crippen LogP contribution in [0.25, 0.3) is 0 Å². The van der Waals surface area contributed by atoms with E-state index < -0.39 is 11.9 Å². The van der Waals surface area contributed by atoms with Crippen LogP contribution in [0, 0.1) is 12.8 Å². The Morgan fingerprint density at radius 3 is 2.70 bits per heavy atom. The quantitative estimate of drug-likeness (QED) is 0.323. The minimum Gasteiger partial charge on any atom is -0.285 e. The van der Waals surface area contributed by atoms with Gasteiger partial charge in [-0.15, -0.1) is 0 Å². The lowest BCUT2D eigenvalue weighted by Crippen LogP contribution is -2.50. The number of hydroxylamine groups is 2. The number of aromatic nitrogens is 1. The molecule has 1 atom stereocenters. The molecule has 7 nitrogen and oxygen atoms in total. The number of hydrogen-bond acceptors (Lipinski definition) is 5. The second-order valence-electron chi connectivity index (χ2n) is 6.01. The Kier molecular flexibility index (Phi) is 6.34. The molecule has 0 spiro atoms. The van der Waals surface area contributed by atoms with Gasteiger partial charge in [0.25, 0.3) is 5.91 Å². The number of carbonyl (C=O) groups is 2. The van der Waals surface area contributed by atoms with E-state index in [9.17, 15) is 14.8 Å². The Labute approximate surface area is 136 Å². The molecular formula is C16H24N4O3. The summed E-state index contributed by atoms with van der Waals surface area (Å²) in [7, 11) is 0. The molecule has 0 aliphatic heterocycles. The molecule has 1 fully saturated rings. The average molecular weight is 320 g/mol. The van der Waals surface area contributed by atoms with E-state index in [-0.39, 0.29) is 5.92 Å². The van der Waals surface area contributed by atoms with Crippen LogP contribution >= 0.6 is 0 Å². The molecule has 0 saturated heterocycles.